The van der Waals surface area contributed by atoms with Crippen LogP contribution in [0.4, 0.5) is 11.4 Å². The molecule has 1 aliphatic carbocycles. The molecule has 0 amide bonds. The molecule has 0 N–H and O–H groups in total. The fourth-order valence-electron chi connectivity index (χ4n) is 4.13. The van der Waals surface area contributed by atoms with Gasteiger partial charge in [-0.2, -0.15) is 0 Å². The van der Waals surface area contributed by atoms with Gasteiger partial charge >= 0.3 is 5.97 Å². The van der Waals surface area contributed by atoms with Crippen molar-refractivity contribution >= 4 is 17.3 Å². The summed E-state index contributed by atoms with van der Waals surface area (Å²) in [7, 11) is 1.66. The van der Waals surface area contributed by atoms with Gasteiger partial charge in [0.15, 0.2) is 11.5 Å². The molecule has 0 unspecified atom stereocenters. The van der Waals surface area contributed by atoms with Crippen molar-refractivity contribution in [2.75, 3.05) is 18.6 Å². The van der Waals surface area contributed by atoms with Gasteiger partial charge in [0.25, 0.3) is 0 Å². The van der Waals surface area contributed by atoms with Crippen LogP contribution in [0.3, 0.4) is 0 Å². The van der Waals surface area contributed by atoms with E-state index in [9.17, 15) is 4.79 Å². The van der Waals surface area contributed by atoms with Crippen molar-refractivity contribution in [3.05, 3.63) is 78.1 Å². The van der Waals surface area contributed by atoms with Gasteiger partial charge in [-0.05, 0) is 74.6 Å². The van der Waals surface area contributed by atoms with E-state index in [2.05, 4.69) is 9.88 Å². The van der Waals surface area contributed by atoms with Crippen LogP contribution in [0.1, 0.15) is 48.5 Å². The molecule has 6 heteroatoms. The highest BCUT2D eigenvalue weighted by Gasteiger charge is 2.21. The Kier molecular flexibility index (Phi) is 7.45. The summed E-state index contributed by atoms with van der Waals surface area (Å²) >= 11 is 0. The Bertz CT molecular complexity index is 1060. The fraction of sp³-hybridized carbons (Fsp3) is 0.333. The summed E-state index contributed by atoms with van der Waals surface area (Å²) in [5, 5.41) is 0. The number of ether oxygens (including phenoxy) is 3. The number of carbonyl (C=O) groups excluding carboxylic acids is 1. The summed E-state index contributed by atoms with van der Waals surface area (Å²) in [4.78, 5) is 18.8. The number of anilines is 2. The second-order valence-corrected chi connectivity index (χ2v) is 8.08. The Labute approximate surface area is 195 Å². The first-order chi connectivity index (χ1) is 16.2. The van der Waals surface area contributed by atoms with Gasteiger partial charge in [-0.25, -0.2) is 4.79 Å². The third-order valence-corrected chi connectivity index (χ3v) is 5.79. The van der Waals surface area contributed by atoms with Gasteiger partial charge < -0.3 is 19.1 Å². The van der Waals surface area contributed by atoms with Gasteiger partial charge in [0.2, 0.25) is 0 Å². The van der Waals surface area contributed by atoms with Crippen LogP contribution in [0, 0.1) is 0 Å². The van der Waals surface area contributed by atoms with Gasteiger partial charge in [0.05, 0.1) is 25.4 Å². The molecule has 1 aliphatic rings. The van der Waals surface area contributed by atoms with Gasteiger partial charge in [-0.3, -0.25) is 4.98 Å². The maximum Gasteiger partial charge on any atom is 0.338 e. The molecule has 33 heavy (non-hydrogen) atoms. The Morgan fingerprint density at radius 2 is 1.85 bits per heavy atom. The topological polar surface area (TPSA) is 60.9 Å². The lowest BCUT2D eigenvalue weighted by Crippen LogP contribution is -2.18. The van der Waals surface area contributed by atoms with Crippen LogP contribution in [-0.4, -0.2) is 30.8 Å². The summed E-state index contributed by atoms with van der Waals surface area (Å²) < 4.78 is 17.1. The van der Waals surface area contributed by atoms with Gasteiger partial charge in [0.1, 0.15) is 0 Å². The molecule has 0 spiro atoms. The number of carbonyl (C=O) groups is 1. The average Bonchev–Trinajstić information content (AvgIpc) is 3.36. The minimum absolute atomic E-state index is 0.216. The predicted octanol–water partition coefficient (Wildman–Crippen LogP) is 5.93. The maximum absolute atomic E-state index is 12.4. The van der Waals surface area contributed by atoms with E-state index in [4.69, 9.17) is 14.2 Å². The Balaban J connectivity index is 1.72. The number of rotatable bonds is 9. The molecule has 1 saturated carbocycles. The molecule has 1 aromatic heterocycles. The molecule has 0 saturated heterocycles. The number of esters is 1. The van der Waals surface area contributed by atoms with Crippen molar-refractivity contribution in [3.63, 3.8) is 0 Å². The van der Waals surface area contributed by atoms with Crippen LogP contribution in [0.25, 0.3) is 0 Å². The molecule has 0 atom stereocenters. The van der Waals surface area contributed by atoms with Crippen LogP contribution in [0.5, 0.6) is 11.5 Å². The number of aromatic nitrogens is 1. The first-order valence-corrected chi connectivity index (χ1v) is 11.5. The van der Waals surface area contributed by atoms with Crippen molar-refractivity contribution in [1.82, 2.24) is 4.98 Å². The van der Waals surface area contributed by atoms with Crippen LogP contribution in [0.15, 0.2) is 67.0 Å². The van der Waals surface area contributed by atoms with Crippen LogP contribution in [0.2, 0.25) is 0 Å². The Hall–Kier alpha value is -3.54. The van der Waals surface area contributed by atoms with E-state index in [1.54, 1.807) is 26.3 Å². The van der Waals surface area contributed by atoms with Crippen LogP contribution < -0.4 is 14.4 Å². The molecule has 3 aromatic rings. The lowest BCUT2D eigenvalue weighted by atomic mass is 10.1. The fourth-order valence-corrected chi connectivity index (χ4v) is 4.13. The van der Waals surface area contributed by atoms with Crippen molar-refractivity contribution in [2.45, 2.75) is 45.3 Å². The maximum atomic E-state index is 12.4. The lowest BCUT2D eigenvalue weighted by molar-refractivity contribution is 0.0526. The van der Waals surface area contributed by atoms with Crippen LogP contribution in [-0.2, 0) is 11.3 Å². The van der Waals surface area contributed by atoms with E-state index in [1.807, 2.05) is 54.7 Å². The SMILES string of the molecule is CCOC(=O)c1cccc(N(Cc2cccnc2)c2ccc(OC)c(OC3CCCC3)c2)c1. The third kappa shape index (κ3) is 5.64. The smallest absolute Gasteiger partial charge is 0.338 e. The van der Waals surface area contributed by atoms with Crippen molar-refractivity contribution in [2.24, 2.45) is 0 Å². The zero-order chi connectivity index (χ0) is 23.0. The highest BCUT2D eigenvalue weighted by Crippen LogP contribution is 2.38. The lowest BCUT2D eigenvalue weighted by Gasteiger charge is -2.27. The van der Waals surface area contributed by atoms with E-state index in [0.717, 1.165) is 35.5 Å². The molecule has 2 aromatic carbocycles. The minimum Gasteiger partial charge on any atom is -0.493 e. The van der Waals surface area contributed by atoms with E-state index >= 15 is 0 Å². The molecule has 0 radical (unpaired) electrons. The average molecular weight is 447 g/mol. The first kappa shape index (κ1) is 22.6. The second-order valence-electron chi connectivity index (χ2n) is 8.08. The molecule has 1 heterocycles. The molecule has 4 rings (SSSR count). The summed E-state index contributed by atoms with van der Waals surface area (Å²) in [5.74, 6) is 1.12. The Morgan fingerprint density at radius 1 is 1.03 bits per heavy atom. The van der Waals surface area contributed by atoms with Gasteiger partial charge in [-0.15, -0.1) is 0 Å². The second kappa shape index (κ2) is 10.9. The van der Waals surface area contributed by atoms with Crippen molar-refractivity contribution < 1.29 is 19.0 Å². The molecule has 1 fully saturated rings. The number of hydrogen-bond acceptors (Lipinski definition) is 6. The predicted molar refractivity (Wildman–Crippen MR) is 128 cm³/mol. The van der Waals surface area contributed by atoms with Gasteiger partial charge in [0, 0.05) is 36.4 Å². The highest BCUT2D eigenvalue weighted by atomic mass is 16.5. The summed E-state index contributed by atoms with van der Waals surface area (Å²) in [6, 6.07) is 17.4. The normalized spacial score (nSPS) is 13.5. The largest absolute Gasteiger partial charge is 0.493 e. The molecular weight excluding hydrogens is 416 g/mol. The molecule has 6 nitrogen and oxygen atoms in total. The van der Waals surface area contributed by atoms with Crippen molar-refractivity contribution in [1.29, 1.82) is 0 Å². The number of methoxy groups -OCH3 is 1. The number of pyridine rings is 1. The molecular formula is C27H30N2O4. The quantitative estimate of drug-likeness (QED) is 0.380. The first-order valence-electron chi connectivity index (χ1n) is 11.5. The number of benzene rings is 2. The third-order valence-electron chi connectivity index (χ3n) is 5.79. The summed E-state index contributed by atoms with van der Waals surface area (Å²) in [6.07, 6.45) is 8.34. The number of hydrogen-bond donors (Lipinski definition) is 0. The van der Waals surface area contributed by atoms with E-state index < -0.39 is 0 Å². The standard InChI is InChI=1S/C27H30N2O4/c1-3-32-27(30)21-9-6-10-22(16-21)29(19-20-8-7-15-28-18-20)23-13-14-25(31-2)26(17-23)33-24-11-4-5-12-24/h6-10,13-18,24H,3-5,11-12,19H2,1-2H3. The van der Waals surface area contributed by atoms with E-state index in [1.165, 1.54) is 12.8 Å². The molecule has 0 aliphatic heterocycles. The minimum atomic E-state index is -0.333. The molecule has 0 bridgehead atoms. The Morgan fingerprint density at radius 3 is 2.58 bits per heavy atom. The zero-order valence-electron chi connectivity index (χ0n) is 19.2. The monoisotopic (exact) mass is 446 g/mol. The van der Waals surface area contributed by atoms with E-state index in [-0.39, 0.29) is 12.1 Å². The van der Waals surface area contributed by atoms with Crippen LogP contribution >= 0.6 is 0 Å². The molecule has 172 valence electrons. The highest BCUT2D eigenvalue weighted by molar-refractivity contribution is 5.91. The summed E-state index contributed by atoms with van der Waals surface area (Å²) in [6.45, 7) is 2.72. The number of nitrogens with zero attached hydrogens (tertiary/aromatic N) is 2. The van der Waals surface area contributed by atoms with Gasteiger partial charge in [-0.1, -0.05) is 12.1 Å². The zero-order valence-corrected chi connectivity index (χ0v) is 19.2. The summed E-state index contributed by atoms with van der Waals surface area (Å²) in [5.41, 5.74) is 3.38. The van der Waals surface area contributed by atoms with E-state index in [0.29, 0.717) is 24.5 Å². The van der Waals surface area contributed by atoms with Crippen molar-refractivity contribution in [3.8, 4) is 11.5 Å².